The quantitative estimate of drug-likeness (QED) is 0.874. The van der Waals surface area contributed by atoms with Crippen molar-refractivity contribution in [1.82, 2.24) is 4.90 Å². The molecule has 1 saturated heterocycles. The fourth-order valence-corrected chi connectivity index (χ4v) is 2.95. The van der Waals surface area contributed by atoms with Crippen molar-refractivity contribution in [3.05, 3.63) is 28.7 Å². The van der Waals surface area contributed by atoms with E-state index in [4.69, 9.17) is 5.73 Å². The van der Waals surface area contributed by atoms with Crippen molar-refractivity contribution in [2.24, 2.45) is 5.73 Å². The van der Waals surface area contributed by atoms with Gasteiger partial charge in [0.15, 0.2) is 0 Å². The molecular weight excluding hydrogens is 302 g/mol. The summed E-state index contributed by atoms with van der Waals surface area (Å²) in [5, 5.41) is 3.63. The molecule has 0 saturated carbocycles. The molecule has 3 N–H and O–H groups in total. The normalized spacial score (nSPS) is 19.3. The standard InChI is InChI=1S/C15H24BrN3/c1-12(6-9-17)19-10-7-15(8-11-19)18-14-4-2-13(16)3-5-14/h2-5,12,15,18H,6-11,17H2,1H3. The molecule has 0 amide bonds. The molecule has 1 fully saturated rings. The minimum Gasteiger partial charge on any atom is -0.382 e. The summed E-state index contributed by atoms with van der Waals surface area (Å²) in [7, 11) is 0. The maximum atomic E-state index is 5.63. The Balaban J connectivity index is 1.78. The number of rotatable bonds is 5. The third-order valence-corrected chi connectivity index (χ3v) is 4.48. The third-order valence-electron chi connectivity index (χ3n) is 3.95. The van der Waals surface area contributed by atoms with Gasteiger partial charge < -0.3 is 16.0 Å². The molecule has 1 aromatic carbocycles. The molecule has 1 heterocycles. The van der Waals surface area contributed by atoms with Crippen LogP contribution in [0, 0.1) is 0 Å². The molecule has 106 valence electrons. The van der Waals surface area contributed by atoms with Crippen LogP contribution < -0.4 is 11.1 Å². The second kappa shape index (κ2) is 7.27. The van der Waals surface area contributed by atoms with E-state index in [9.17, 15) is 0 Å². The summed E-state index contributed by atoms with van der Waals surface area (Å²) >= 11 is 3.46. The molecule has 0 aliphatic carbocycles. The smallest absolute Gasteiger partial charge is 0.0343 e. The van der Waals surface area contributed by atoms with Crippen LogP contribution in [0.3, 0.4) is 0 Å². The van der Waals surface area contributed by atoms with Crippen LogP contribution in [-0.4, -0.2) is 36.6 Å². The van der Waals surface area contributed by atoms with Crippen LogP contribution in [0.5, 0.6) is 0 Å². The van der Waals surface area contributed by atoms with Crippen LogP contribution >= 0.6 is 15.9 Å². The molecule has 1 unspecified atom stereocenters. The zero-order valence-electron chi connectivity index (χ0n) is 11.6. The predicted octanol–water partition coefficient (Wildman–Crippen LogP) is 3.06. The summed E-state index contributed by atoms with van der Waals surface area (Å²) < 4.78 is 1.13. The van der Waals surface area contributed by atoms with Gasteiger partial charge in [-0.25, -0.2) is 0 Å². The van der Waals surface area contributed by atoms with Crippen LogP contribution in [0.15, 0.2) is 28.7 Å². The summed E-state index contributed by atoms with van der Waals surface area (Å²) in [6.45, 7) is 5.43. The van der Waals surface area contributed by atoms with Crippen molar-refractivity contribution >= 4 is 21.6 Å². The molecule has 0 spiro atoms. The Kier molecular flexibility index (Phi) is 5.67. The number of nitrogens with zero attached hydrogens (tertiary/aromatic N) is 1. The highest BCUT2D eigenvalue weighted by molar-refractivity contribution is 9.10. The van der Waals surface area contributed by atoms with E-state index in [2.05, 4.69) is 57.3 Å². The number of anilines is 1. The first-order valence-corrected chi connectivity index (χ1v) is 7.94. The number of likely N-dealkylation sites (tertiary alicyclic amines) is 1. The van der Waals surface area contributed by atoms with Crippen molar-refractivity contribution in [3.8, 4) is 0 Å². The van der Waals surface area contributed by atoms with Crippen molar-refractivity contribution in [2.75, 3.05) is 25.0 Å². The maximum Gasteiger partial charge on any atom is 0.0343 e. The number of halogens is 1. The van der Waals surface area contributed by atoms with Crippen molar-refractivity contribution in [2.45, 2.75) is 38.3 Å². The Bertz CT molecular complexity index is 371. The van der Waals surface area contributed by atoms with E-state index in [1.54, 1.807) is 0 Å². The lowest BCUT2D eigenvalue weighted by Crippen LogP contribution is -2.44. The Hall–Kier alpha value is -0.580. The Labute approximate surface area is 124 Å². The van der Waals surface area contributed by atoms with Crippen LogP contribution in [0.2, 0.25) is 0 Å². The third kappa shape index (κ3) is 4.48. The fourth-order valence-electron chi connectivity index (χ4n) is 2.69. The van der Waals surface area contributed by atoms with Gasteiger partial charge in [-0.15, -0.1) is 0 Å². The molecule has 1 aromatic rings. The SMILES string of the molecule is CC(CCN)N1CCC(Nc2ccc(Br)cc2)CC1. The second-order valence-corrected chi connectivity index (χ2v) is 6.30. The van der Waals surface area contributed by atoms with E-state index >= 15 is 0 Å². The molecule has 1 aliphatic heterocycles. The highest BCUT2D eigenvalue weighted by Gasteiger charge is 2.22. The summed E-state index contributed by atoms with van der Waals surface area (Å²) in [5.41, 5.74) is 6.85. The van der Waals surface area contributed by atoms with Crippen LogP contribution in [-0.2, 0) is 0 Å². The van der Waals surface area contributed by atoms with Crippen LogP contribution in [0.4, 0.5) is 5.69 Å². The Morgan fingerprint density at radius 3 is 2.53 bits per heavy atom. The molecule has 0 aromatic heterocycles. The summed E-state index contributed by atoms with van der Waals surface area (Å²) in [6, 6.07) is 9.66. The molecule has 0 bridgehead atoms. The Morgan fingerprint density at radius 1 is 1.32 bits per heavy atom. The van der Waals surface area contributed by atoms with Crippen LogP contribution in [0.25, 0.3) is 0 Å². The fraction of sp³-hybridized carbons (Fsp3) is 0.600. The molecule has 19 heavy (non-hydrogen) atoms. The van der Waals surface area contributed by atoms with E-state index in [-0.39, 0.29) is 0 Å². The summed E-state index contributed by atoms with van der Waals surface area (Å²) in [5.74, 6) is 0. The van der Waals surface area contributed by atoms with Gasteiger partial charge in [0, 0.05) is 35.3 Å². The number of hydrogen-bond donors (Lipinski definition) is 2. The topological polar surface area (TPSA) is 41.3 Å². The van der Waals surface area contributed by atoms with Crippen molar-refractivity contribution < 1.29 is 0 Å². The average Bonchev–Trinajstić information content (AvgIpc) is 2.42. The first kappa shape index (κ1) is 14.8. The van der Waals surface area contributed by atoms with Gasteiger partial charge in [0.05, 0.1) is 0 Å². The lowest BCUT2D eigenvalue weighted by atomic mass is 10.0. The highest BCUT2D eigenvalue weighted by Crippen LogP contribution is 2.20. The monoisotopic (exact) mass is 325 g/mol. The minimum atomic E-state index is 0.600. The Morgan fingerprint density at radius 2 is 1.95 bits per heavy atom. The number of piperidine rings is 1. The lowest BCUT2D eigenvalue weighted by molar-refractivity contribution is 0.161. The molecule has 1 atom stereocenters. The number of hydrogen-bond acceptors (Lipinski definition) is 3. The predicted molar refractivity (Wildman–Crippen MR) is 85.5 cm³/mol. The van der Waals surface area contributed by atoms with Gasteiger partial charge in [0.25, 0.3) is 0 Å². The summed E-state index contributed by atoms with van der Waals surface area (Å²) in [6.07, 6.45) is 3.53. The van der Waals surface area contributed by atoms with Crippen molar-refractivity contribution in [3.63, 3.8) is 0 Å². The second-order valence-electron chi connectivity index (χ2n) is 5.39. The van der Waals surface area contributed by atoms with Gasteiger partial charge in [0.2, 0.25) is 0 Å². The zero-order valence-corrected chi connectivity index (χ0v) is 13.2. The molecular formula is C15H24BrN3. The molecule has 1 aliphatic rings. The number of nitrogens with two attached hydrogens (primary N) is 1. The molecule has 4 heteroatoms. The first-order chi connectivity index (χ1) is 9.19. The van der Waals surface area contributed by atoms with E-state index in [0.717, 1.165) is 17.4 Å². The molecule has 2 rings (SSSR count). The summed E-state index contributed by atoms with van der Waals surface area (Å²) in [4.78, 5) is 2.56. The van der Waals surface area contributed by atoms with Crippen LogP contribution in [0.1, 0.15) is 26.2 Å². The lowest BCUT2D eigenvalue weighted by Gasteiger charge is -2.36. The molecule has 0 radical (unpaired) electrons. The van der Waals surface area contributed by atoms with Gasteiger partial charge in [-0.1, -0.05) is 15.9 Å². The van der Waals surface area contributed by atoms with Gasteiger partial charge in [0.1, 0.15) is 0 Å². The average molecular weight is 326 g/mol. The van der Waals surface area contributed by atoms with Gasteiger partial charge >= 0.3 is 0 Å². The molecule has 3 nitrogen and oxygen atoms in total. The van der Waals surface area contributed by atoms with E-state index in [1.807, 2.05) is 0 Å². The van der Waals surface area contributed by atoms with E-state index in [0.29, 0.717) is 12.1 Å². The zero-order chi connectivity index (χ0) is 13.7. The first-order valence-electron chi connectivity index (χ1n) is 7.15. The van der Waals surface area contributed by atoms with E-state index in [1.165, 1.54) is 31.6 Å². The van der Waals surface area contributed by atoms with E-state index < -0.39 is 0 Å². The highest BCUT2D eigenvalue weighted by atomic mass is 79.9. The number of nitrogens with one attached hydrogen (secondary N) is 1. The number of benzene rings is 1. The largest absolute Gasteiger partial charge is 0.382 e. The van der Waals surface area contributed by atoms with Gasteiger partial charge in [-0.3, -0.25) is 0 Å². The maximum absolute atomic E-state index is 5.63. The van der Waals surface area contributed by atoms with Gasteiger partial charge in [-0.2, -0.15) is 0 Å². The van der Waals surface area contributed by atoms with Crippen molar-refractivity contribution in [1.29, 1.82) is 0 Å². The minimum absolute atomic E-state index is 0.600. The van der Waals surface area contributed by atoms with Gasteiger partial charge in [-0.05, 0) is 57.0 Å².